The van der Waals surface area contributed by atoms with Gasteiger partial charge in [0.05, 0.1) is 6.42 Å². The Bertz CT molecular complexity index is 1080. The van der Waals surface area contributed by atoms with Gasteiger partial charge in [-0.05, 0) is 22.3 Å². The normalized spacial score (nSPS) is 14.2. The number of amides is 2. The van der Waals surface area contributed by atoms with Crippen molar-refractivity contribution < 1.29 is 37.4 Å². The molecule has 0 saturated carbocycles. The number of carboxylic acids is 1. The molecule has 1 aliphatic rings. The molecule has 178 valence electrons. The fourth-order valence-electron chi connectivity index (χ4n) is 3.81. The summed E-state index contributed by atoms with van der Waals surface area (Å²) in [5.74, 6) is -1.15. The molecule has 10 heteroatoms. The zero-order chi connectivity index (χ0) is 24.9. The van der Waals surface area contributed by atoms with E-state index in [0.29, 0.717) is 0 Å². The van der Waals surface area contributed by atoms with E-state index in [9.17, 15) is 27.6 Å². The maximum Gasteiger partial charge on any atom is 0.407 e. The Morgan fingerprint density at radius 2 is 1.56 bits per heavy atom. The number of halogens is 3. The van der Waals surface area contributed by atoms with E-state index in [2.05, 4.69) is 11.2 Å². The molecular weight excluding hydrogens is 453 g/mol. The monoisotopic (exact) mass is 474 g/mol. The number of hydrogen-bond donors (Lipinski definition) is 3. The summed E-state index contributed by atoms with van der Waals surface area (Å²) in [7, 11) is 0. The van der Waals surface area contributed by atoms with Gasteiger partial charge in [-0.15, -0.1) is 12.3 Å². The van der Waals surface area contributed by atoms with Gasteiger partial charge in [-0.2, -0.15) is 13.2 Å². The number of hydrogen-bond acceptors (Lipinski definition) is 4. The van der Waals surface area contributed by atoms with E-state index in [1.165, 1.54) is 0 Å². The van der Waals surface area contributed by atoms with Gasteiger partial charge in [0, 0.05) is 12.3 Å². The van der Waals surface area contributed by atoms with Crippen LogP contribution in [0.15, 0.2) is 48.5 Å². The van der Waals surface area contributed by atoms with Gasteiger partial charge in [0.1, 0.15) is 18.7 Å². The van der Waals surface area contributed by atoms with Crippen LogP contribution in [-0.4, -0.2) is 47.9 Å². The second kappa shape index (κ2) is 10.3. The van der Waals surface area contributed by atoms with Crippen LogP contribution in [0.1, 0.15) is 29.9 Å². The van der Waals surface area contributed by atoms with Crippen LogP contribution in [0.3, 0.4) is 0 Å². The molecule has 0 aromatic heterocycles. The van der Waals surface area contributed by atoms with Crippen molar-refractivity contribution in [2.24, 2.45) is 0 Å². The van der Waals surface area contributed by atoms with Gasteiger partial charge in [-0.1, -0.05) is 48.5 Å². The fraction of sp³-hybridized carbons (Fsp3) is 0.292. The van der Waals surface area contributed by atoms with Crippen molar-refractivity contribution in [3.05, 3.63) is 59.7 Å². The molecular formula is C24H21F3N2O5. The van der Waals surface area contributed by atoms with E-state index in [-0.39, 0.29) is 18.9 Å². The molecule has 7 nitrogen and oxygen atoms in total. The minimum absolute atomic E-state index is 0.0594. The fourth-order valence-corrected chi connectivity index (χ4v) is 3.81. The Labute approximate surface area is 193 Å². The minimum Gasteiger partial charge on any atom is -0.480 e. The Morgan fingerprint density at radius 3 is 2.06 bits per heavy atom. The predicted molar refractivity (Wildman–Crippen MR) is 116 cm³/mol. The molecule has 0 saturated heterocycles. The van der Waals surface area contributed by atoms with Crippen LogP contribution >= 0.6 is 0 Å². The SMILES string of the molecule is C#CCC(NC(=O)OCC1c2ccccc2-c2ccccc21)C(=O)NC(CC(F)(F)F)C(=O)O. The van der Waals surface area contributed by atoms with Crippen molar-refractivity contribution >= 4 is 18.0 Å². The third kappa shape index (κ3) is 5.86. The molecule has 1 aliphatic carbocycles. The van der Waals surface area contributed by atoms with E-state index in [0.717, 1.165) is 22.3 Å². The van der Waals surface area contributed by atoms with Crippen LogP contribution in [0.5, 0.6) is 0 Å². The van der Waals surface area contributed by atoms with Gasteiger partial charge in [-0.3, -0.25) is 4.79 Å². The maximum absolute atomic E-state index is 12.6. The first-order valence-corrected chi connectivity index (χ1v) is 10.3. The Morgan fingerprint density at radius 1 is 1.00 bits per heavy atom. The van der Waals surface area contributed by atoms with Crippen LogP contribution in [0.25, 0.3) is 11.1 Å². The summed E-state index contributed by atoms with van der Waals surface area (Å²) in [6, 6.07) is 11.6. The molecule has 0 spiro atoms. The molecule has 2 unspecified atom stereocenters. The van der Waals surface area contributed by atoms with Crippen LogP contribution < -0.4 is 10.6 Å². The molecule has 2 amide bonds. The molecule has 0 radical (unpaired) electrons. The third-order valence-corrected chi connectivity index (χ3v) is 5.32. The summed E-state index contributed by atoms with van der Waals surface area (Å²) < 4.78 is 43.1. The van der Waals surface area contributed by atoms with Gasteiger partial charge in [-0.25, -0.2) is 9.59 Å². The zero-order valence-corrected chi connectivity index (χ0v) is 17.8. The number of carboxylic acid groups (broad SMARTS) is 1. The Kier molecular flexibility index (Phi) is 7.46. The number of carbonyl (C=O) groups is 3. The van der Waals surface area contributed by atoms with Crippen molar-refractivity contribution in [3.63, 3.8) is 0 Å². The number of terminal acetylenes is 1. The van der Waals surface area contributed by atoms with Crippen LogP contribution in [0.4, 0.5) is 18.0 Å². The maximum atomic E-state index is 12.6. The van der Waals surface area contributed by atoms with E-state index in [1.54, 1.807) is 5.32 Å². The molecule has 0 aliphatic heterocycles. The summed E-state index contributed by atoms with van der Waals surface area (Å²) in [5, 5.41) is 12.9. The number of nitrogens with one attached hydrogen (secondary N) is 2. The van der Waals surface area contributed by atoms with Gasteiger partial charge in [0.25, 0.3) is 0 Å². The number of rotatable bonds is 8. The lowest BCUT2D eigenvalue weighted by atomic mass is 9.98. The number of alkyl halides is 3. The first-order valence-electron chi connectivity index (χ1n) is 10.3. The molecule has 2 aromatic carbocycles. The van der Waals surface area contributed by atoms with Gasteiger partial charge in [0.15, 0.2) is 0 Å². The summed E-state index contributed by atoms with van der Waals surface area (Å²) in [6.07, 6.45) is -2.80. The highest BCUT2D eigenvalue weighted by Gasteiger charge is 2.37. The largest absolute Gasteiger partial charge is 0.480 e. The van der Waals surface area contributed by atoms with Crippen molar-refractivity contribution in [1.29, 1.82) is 0 Å². The Balaban J connectivity index is 1.65. The minimum atomic E-state index is -4.82. The first-order chi connectivity index (χ1) is 16.1. The number of ether oxygens (including phenoxy) is 1. The number of benzene rings is 2. The predicted octanol–water partition coefficient (Wildman–Crippen LogP) is 3.44. The molecule has 3 N–H and O–H groups in total. The highest BCUT2D eigenvalue weighted by molar-refractivity contribution is 5.89. The lowest BCUT2D eigenvalue weighted by Crippen LogP contribution is -2.52. The molecule has 2 atom stereocenters. The molecule has 3 rings (SSSR count). The smallest absolute Gasteiger partial charge is 0.407 e. The molecule has 2 aromatic rings. The number of carbonyl (C=O) groups excluding carboxylic acids is 2. The average Bonchev–Trinajstić information content (AvgIpc) is 3.09. The standard InChI is InChI=1S/C24H21F3N2O5/c1-2-7-19(21(30)28-20(22(31)32)12-24(25,26)27)29-23(33)34-13-18-16-10-5-3-8-14(16)15-9-4-6-11-17(15)18/h1,3-6,8-11,18-20H,7,12-13H2,(H,28,30)(H,29,33)(H,31,32). The van der Waals surface area contributed by atoms with Crippen molar-refractivity contribution in [1.82, 2.24) is 10.6 Å². The van der Waals surface area contributed by atoms with E-state index < -0.39 is 42.7 Å². The van der Waals surface area contributed by atoms with Crippen molar-refractivity contribution in [2.45, 2.75) is 37.0 Å². The second-order valence-corrected chi connectivity index (χ2v) is 7.65. The summed E-state index contributed by atoms with van der Waals surface area (Å²) in [6.45, 7) is -0.0594. The summed E-state index contributed by atoms with van der Waals surface area (Å²) in [4.78, 5) is 35.8. The van der Waals surface area contributed by atoms with Crippen molar-refractivity contribution in [3.8, 4) is 23.5 Å². The second-order valence-electron chi connectivity index (χ2n) is 7.65. The lowest BCUT2D eigenvalue weighted by Gasteiger charge is -2.21. The summed E-state index contributed by atoms with van der Waals surface area (Å²) >= 11 is 0. The summed E-state index contributed by atoms with van der Waals surface area (Å²) in [5.41, 5.74) is 3.96. The highest BCUT2D eigenvalue weighted by atomic mass is 19.4. The number of alkyl carbamates (subject to hydrolysis) is 1. The Hall–Kier alpha value is -4.00. The molecule has 0 bridgehead atoms. The average molecular weight is 474 g/mol. The lowest BCUT2D eigenvalue weighted by molar-refractivity contribution is -0.160. The van der Waals surface area contributed by atoms with Crippen LogP contribution in [0, 0.1) is 12.3 Å². The number of aliphatic carboxylic acids is 1. The van der Waals surface area contributed by atoms with Gasteiger partial charge < -0.3 is 20.5 Å². The first kappa shape index (κ1) is 24.6. The van der Waals surface area contributed by atoms with Gasteiger partial charge >= 0.3 is 18.2 Å². The topological polar surface area (TPSA) is 105 Å². The highest BCUT2D eigenvalue weighted by Crippen LogP contribution is 2.44. The molecule has 34 heavy (non-hydrogen) atoms. The van der Waals surface area contributed by atoms with Crippen LogP contribution in [0.2, 0.25) is 0 Å². The van der Waals surface area contributed by atoms with Gasteiger partial charge in [0.2, 0.25) is 5.91 Å². The number of fused-ring (bicyclic) bond motifs is 3. The quantitative estimate of drug-likeness (QED) is 0.509. The van der Waals surface area contributed by atoms with Crippen LogP contribution in [-0.2, 0) is 14.3 Å². The zero-order valence-electron chi connectivity index (χ0n) is 17.8. The third-order valence-electron chi connectivity index (χ3n) is 5.32. The van der Waals surface area contributed by atoms with E-state index >= 15 is 0 Å². The molecule has 0 heterocycles. The van der Waals surface area contributed by atoms with Crippen molar-refractivity contribution in [2.75, 3.05) is 6.61 Å². The van der Waals surface area contributed by atoms with E-state index in [1.807, 2.05) is 48.5 Å². The van der Waals surface area contributed by atoms with E-state index in [4.69, 9.17) is 16.3 Å². The molecule has 0 fully saturated rings.